The molecule has 0 radical (unpaired) electrons. The summed E-state index contributed by atoms with van der Waals surface area (Å²) in [6.45, 7) is 0.742. The molecule has 0 amide bonds. The van der Waals surface area contributed by atoms with Gasteiger partial charge in [-0.1, -0.05) is 18.2 Å². The van der Waals surface area contributed by atoms with Crippen LogP contribution in [0.25, 0.3) is 22.2 Å². The Bertz CT molecular complexity index is 673. The van der Waals surface area contributed by atoms with Crippen molar-refractivity contribution >= 4 is 10.9 Å². The summed E-state index contributed by atoms with van der Waals surface area (Å²) in [5, 5.41) is 4.21. The lowest BCUT2D eigenvalue weighted by atomic mass is 10.1. The third-order valence-electron chi connectivity index (χ3n) is 2.90. The van der Waals surface area contributed by atoms with Gasteiger partial charge in [-0.25, -0.2) is 0 Å². The maximum atomic E-state index is 5.77. The summed E-state index contributed by atoms with van der Waals surface area (Å²) in [5.41, 5.74) is 2.05. The van der Waals surface area contributed by atoms with Crippen molar-refractivity contribution in [2.75, 3.05) is 7.05 Å². The molecule has 2 aromatic heterocycles. The minimum Gasteiger partial charge on any atom is -0.460 e. The molecule has 3 rings (SSSR count). The van der Waals surface area contributed by atoms with Crippen LogP contribution in [0.4, 0.5) is 0 Å². The first-order valence-corrected chi connectivity index (χ1v) is 5.95. The highest BCUT2D eigenvalue weighted by Gasteiger charge is 2.05. The van der Waals surface area contributed by atoms with Crippen LogP contribution in [0.3, 0.4) is 0 Å². The first-order valence-electron chi connectivity index (χ1n) is 5.95. The largest absolute Gasteiger partial charge is 0.460 e. The van der Waals surface area contributed by atoms with Crippen LogP contribution in [-0.2, 0) is 6.54 Å². The second-order valence-electron chi connectivity index (χ2n) is 4.21. The summed E-state index contributed by atoms with van der Waals surface area (Å²) in [7, 11) is 1.90. The SMILES string of the molecule is CNCc1ccc(-c2ccc3cccnc3c2)o1. The van der Waals surface area contributed by atoms with Crippen molar-refractivity contribution in [3.8, 4) is 11.3 Å². The van der Waals surface area contributed by atoms with Gasteiger partial charge in [-0.15, -0.1) is 0 Å². The minimum absolute atomic E-state index is 0.742. The van der Waals surface area contributed by atoms with Gasteiger partial charge in [0, 0.05) is 17.1 Å². The summed E-state index contributed by atoms with van der Waals surface area (Å²) in [5.74, 6) is 1.82. The van der Waals surface area contributed by atoms with Crippen LogP contribution in [0.5, 0.6) is 0 Å². The van der Waals surface area contributed by atoms with Gasteiger partial charge >= 0.3 is 0 Å². The fraction of sp³-hybridized carbons (Fsp3) is 0.133. The number of benzene rings is 1. The smallest absolute Gasteiger partial charge is 0.134 e. The van der Waals surface area contributed by atoms with Gasteiger partial charge in [0.15, 0.2) is 0 Å². The minimum atomic E-state index is 0.742. The lowest BCUT2D eigenvalue weighted by Crippen LogP contribution is -2.03. The molecule has 3 nitrogen and oxygen atoms in total. The van der Waals surface area contributed by atoms with E-state index in [1.807, 2.05) is 25.2 Å². The molecule has 1 N–H and O–H groups in total. The molecule has 0 saturated carbocycles. The van der Waals surface area contributed by atoms with Gasteiger partial charge in [0.2, 0.25) is 0 Å². The molecular formula is C15H14N2O. The summed E-state index contributed by atoms with van der Waals surface area (Å²) >= 11 is 0. The van der Waals surface area contributed by atoms with Crippen LogP contribution in [0, 0.1) is 0 Å². The number of nitrogens with zero attached hydrogens (tertiary/aromatic N) is 1. The number of fused-ring (bicyclic) bond motifs is 1. The second kappa shape index (κ2) is 4.63. The Morgan fingerprint density at radius 3 is 3.00 bits per heavy atom. The molecule has 0 bridgehead atoms. The summed E-state index contributed by atoms with van der Waals surface area (Å²) < 4.78 is 5.77. The van der Waals surface area contributed by atoms with Crippen molar-refractivity contribution in [2.45, 2.75) is 6.54 Å². The molecule has 18 heavy (non-hydrogen) atoms. The summed E-state index contributed by atoms with van der Waals surface area (Å²) in [6.07, 6.45) is 1.81. The predicted octanol–water partition coefficient (Wildman–Crippen LogP) is 3.21. The number of rotatable bonds is 3. The summed E-state index contributed by atoms with van der Waals surface area (Å²) in [4.78, 5) is 4.36. The second-order valence-corrected chi connectivity index (χ2v) is 4.21. The predicted molar refractivity (Wildman–Crippen MR) is 72.2 cm³/mol. The first kappa shape index (κ1) is 11.0. The van der Waals surface area contributed by atoms with E-state index >= 15 is 0 Å². The Hall–Kier alpha value is -2.13. The van der Waals surface area contributed by atoms with E-state index in [9.17, 15) is 0 Å². The van der Waals surface area contributed by atoms with Crippen molar-refractivity contribution in [3.05, 3.63) is 54.4 Å². The van der Waals surface area contributed by atoms with Crippen molar-refractivity contribution in [1.29, 1.82) is 0 Å². The molecule has 3 heteroatoms. The molecule has 90 valence electrons. The van der Waals surface area contributed by atoms with E-state index in [2.05, 4.69) is 34.6 Å². The van der Waals surface area contributed by atoms with E-state index in [0.29, 0.717) is 0 Å². The van der Waals surface area contributed by atoms with Crippen molar-refractivity contribution < 1.29 is 4.42 Å². The van der Waals surface area contributed by atoms with E-state index in [4.69, 9.17) is 4.42 Å². The standard InChI is InChI=1S/C15H14N2O/c1-16-10-13-6-7-15(18-13)12-5-4-11-3-2-8-17-14(11)9-12/h2-9,16H,10H2,1H3. The van der Waals surface area contributed by atoms with Crippen LogP contribution >= 0.6 is 0 Å². The topological polar surface area (TPSA) is 38.1 Å². The fourth-order valence-corrected chi connectivity index (χ4v) is 2.02. The molecule has 0 spiro atoms. The molecule has 3 aromatic rings. The molecule has 0 saturated heterocycles. The Morgan fingerprint density at radius 2 is 2.11 bits per heavy atom. The lowest BCUT2D eigenvalue weighted by Gasteiger charge is -2.00. The molecule has 2 heterocycles. The molecule has 0 aliphatic carbocycles. The molecule has 0 fully saturated rings. The molecular weight excluding hydrogens is 224 g/mol. The van der Waals surface area contributed by atoms with Crippen LogP contribution in [-0.4, -0.2) is 12.0 Å². The number of furan rings is 1. The van der Waals surface area contributed by atoms with Crippen molar-refractivity contribution in [3.63, 3.8) is 0 Å². The Kier molecular flexibility index (Phi) is 2.82. The van der Waals surface area contributed by atoms with Gasteiger partial charge in [-0.05, 0) is 31.3 Å². The zero-order chi connectivity index (χ0) is 12.4. The quantitative estimate of drug-likeness (QED) is 0.761. The highest BCUT2D eigenvalue weighted by Crippen LogP contribution is 2.25. The number of pyridine rings is 1. The van der Waals surface area contributed by atoms with Gasteiger partial charge in [0.25, 0.3) is 0 Å². The molecule has 0 atom stereocenters. The van der Waals surface area contributed by atoms with E-state index < -0.39 is 0 Å². The van der Waals surface area contributed by atoms with Crippen LogP contribution in [0.2, 0.25) is 0 Å². The molecule has 0 aliphatic heterocycles. The van der Waals surface area contributed by atoms with Gasteiger partial charge < -0.3 is 9.73 Å². The summed E-state index contributed by atoms with van der Waals surface area (Å²) in [6, 6.07) is 14.2. The maximum absolute atomic E-state index is 5.77. The lowest BCUT2D eigenvalue weighted by molar-refractivity contribution is 0.507. The van der Waals surface area contributed by atoms with Gasteiger partial charge in [0.1, 0.15) is 11.5 Å². The van der Waals surface area contributed by atoms with Crippen molar-refractivity contribution in [2.24, 2.45) is 0 Å². The molecule has 1 aromatic carbocycles. The number of hydrogen-bond acceptors (Lipinski definition) is 3. The zero-order valence-corrected chi connectivity index (χ0v) is 10.2. The van der Waals surface area contributed by atoms with E-state index in [1.54, 1.807) is 6.20 Å². The number of nitrogens with one attached hydrogen (secondary N) is 1. The number of hydrogen-bond donors (Lipinski definition) is 1. The van der Waals surface area contributed by atoms with Crippen LogP contribution in [0.15, 0.2) is 53.1 Å². The Balaban J connectivity index is 2.02. The van der Waals surface area contributed by atoms with Crippen LogP contribution in [0.1, 0.15) is 5.76 Å². The van der Waals surface area contributed by atoms with Gasteiger partial charge in [0.05, 0.1) is 12.1 Å². The normalized spacial score (nSPS) is 10.9. The third kappa shape index (κ3) is 2.00. The monoisotopic (exact) mass is 238 g/mol. The first-order chi connectivity index (χ1) is 8.86. The Morgan fingerprint density at radius 1 is 1.17 bits per heavy atom. The number of aromatic nitrogens is 1. The fourth-order valence-electron chi connectivity index (χ4n) is 2.02. The Labute approximate surface area is 105 Å². The van der Waals surface area contributed by atoms with E-state index in [1.165, 1.54) is 0 Å². The maximum Gasteiger partial charge on any atom is 0.134 e. The zero-order valence-electron chi connectivity index (χ0n) is 10.2. The van der Waals surface area contributed by atoms with E-state index in [0.717, 1.165) is 34.5 Å². The third-order valence-corrected chi connectivity index (χ3v) is 2.90. The van der Waals surface area contributed by atoms with Crippen molar-refractivity contribution in [1.82, 2.24) is 10.3 Å². The highest BCUT2D eigenvalue weighted by atomic mass is 16.3. The molecule has 0 aliphatic rings. The van der Waals surface area contributed by atoms with Gasteiger partial charge in [-0.3, -0.25) is 4.98 Å². The van der Waals surface area contributed by atoms with E-state index in [-0.39, 0.29) is 0 Å². The average molecular weight is 238 g/mol. The van der Waals surface area contributed by atoms with Crippen LogP contribution < -0.4 is 5.32 Å². The average Bonchev–Trinajstić information content (AvgIpc) is 2.87. The highest BCUT2D eigenvalue weighted by molar-refractivity contribution is 5.83. The van der Waals surface area contributed by atoms with Gasteiger partial charge in [-0.2, -0.15) is 0 Å². The molecule has 0 unspecified atom stereocenters.